The second kappa shape index (κ2) is 3.90. The van der Waals surface area contributed by atoms with Crippen molar-refractivity contribution in [3.8, 4) is 0 Å². The van der Waals surface area contributed by atoms with Crippen LogP contribution in [0.25, 0.3) is 0 Å². The van der Waals surface area contributed by atoms with E-state index in [4.69, 9.17) is 5.73 Å². The van der Waals surface area contributed by atoms with Crippen LogP contribution >= 0.6 is 0 Å². The Hall–Kier alpha value is -1.36. The molecule has 5 heteroatoms. The van der Waals surface area contributed by atoms with Crippen LogP contribution in [-0.4, -0.2) is 22.6 Å². The highest BCUT2D eigenvalue weighted by molar-refractivity contribution is 5.51. The minimum atomic E-state index is 0.379. The van der Waals surface area contributed by atoms with Gasteiger partial charge in [-0.05, 0) is 32.2 Å². The number of hydrogen-bond donors (Lipinski definition) is 3. The van der Waals surface area contributed by atoms with E-state index in [2.05, 4.69) is 20.6 Å². The average Bonchev–Trinajstić information content (AvgIpc) is 2.23. The van der Waals surface area contributed by atoms with Gasteiger partial charge >= 0.3 is 0 Å². The van der Waals surface area contributed by atoms with Gasteiger partial charge in [0, 0.05) is 18.2 Å². The van der Waals surface area contributed by atoms with E-state index in [9.17, 15) is 0 Å². The van der Waals surface area contributed by atoms with Crippen LogP contribution in [0.4, 0.5) is 11.8 Å². The number of hydrogen-bond acceptors (Lipinski definition) is 5. The van der Waals surface area contributed by atoms with E-state index in [-0.39, 0.29) is 0 Å². The molecule has 1 aromatic heterocycles. The zero-order valence-corrected chi connectivity index (χ0v) is 9.29. The molecule has 4 N–H and O–H groups in total. The van der Waals surface area contributed by atoms with Crippen molar-refractivity contribution in [2.24, 2.45) is 0 Å². The second-order valence-electron chi connectivity index (χ2n) is 4.55. The lowest BCUT2D eigenvalue weighted by Gasteiger charge is -2.29. The molecule has 2 heterocycles. The van der Waals surface area contributed by atoms with E-state index in [1.54, 1.807) is 0 Å². The molecule has 1 aromatic rings. The van der Waals surface area contributed by atoms with Crippen LogP contribution in [0.3, 0.4) is 0 Å². The molecule has 0 bridgehead atoms. The molecule has 0 saturated heterocycles. The van der Waals surface area contributed by atoms with Crippen molar-refractivity contribution >= 4 is 11.8 Å². The maximum atomic E-state index is 5.73. The molecule has 5 nitrogen and oxygen atoms in total. The molecule has 16 heavy (non-hydrogen) atoms. The molecule has 1 saturated carbocycles. The lowest BCUT2D eigenvalue weighted by molar-refractivity contribution is 0.443. The molecule has 86 valence electrons. The van der Waals surface area contributed by atoms with Gasteiger partial charge in [0.2, 0.25) is 5.95 Å². The number of rotatable bonds is 2. The summed E-state index contributed by atoms with van der Waals surface area (Å²) in [6.07, 6.45) is 4.81. The lowest BCUT2D eigenvalue weighted by Crippen LogP contribution is -2.31. The fourth-order valence-electron chi connectivity index (χ4n) is 2.24. The Morgan fingerprint density at radius 1 is 1.31 bits per heavy atom. The summed E-state index contributed by atoms with van der Waals surface area (Å²) in [5, 5.41) is 6.79. The van der Waals surface area contributed by atoms with E-state index in [0.717, 1.165) is 31.0 Å². The Kier molecular flexibility index (Phi) is 2.40. The summed E-state index contributed by atoms with van der Waals surface area (Å²) in [5.41, 5.74) is 8.03. The van der Waals surface area contributed by atoms with Gasteiger partial charge in [-0.2, -0.15) is 4.98 Å². The minimum absolute atomic E-state index is 0.379. The summed E-state index contributed by atoms with van der Waals surface area (Å²) in [6.45, 7) is 1.81. The second-order valence-corrected chi connectivity index (χ2v) is 4.55. The standard InChI is InChI=1S/C11H17N5/c12-11-15-9-6-13-5-4-8(9)10(16-11)14-7-2-1-3-7/h7,13H,1-6H2,(H3,12,14,15,16). The van der Waals surface area contributed by atoms with Crippen LogP contribution in [-0.2, 0) is 13.0 Å². The number of aromatic nitrogens is 2. The van der Waals surface area contributed by atoms with Gasteiger partial charge in [-0.1, -0.05) is 0 Å². The van der Waals surface area contributed by atoms with Crippen molar-refractivity contribution in [3.05, 3.63) is 11.3 Å². The summed E-state index contributed by atoms with van der Waals surface area (Å²) in [4.78, 5) is 8.63. The third-order valence-electron chi connectivity index (χ3n) is 3.40. The van der Waals surface area contributed by atoms with Gasteiger partial charge in [-0.3, -0.25) is 0 Å². The van der Waals surface area contributed by atoms with Crippen LogP contribution in [0, 0.1) is 0 Å². The van der Waals surface area contributed by atoms with Crippen molar-refractivity contribution in [1.82, 2.24) is 15.3 Å². The number of nitrogens with zero attached hydrogens (tertiary/aromatic N) is 2. The van der Waals surface area contributed by atoms with Crippen molar-refractivity contribution in [2.45, 2.75) is 38.3 Å². The van der Waals surface area contributed by atoms with Crippen LogP contribution in [0.15, 0.2) is 0 Å². The molecule has 0 spiro atoms. The topological polar surface area (TPSA) is 75.9 Å². The number of fused-ring (bicyclic) bond motifs is 1. The monoisotopic (exact) mass is 219 g/mol. The maximum absolute atomic E-state index is 5.73. The molecular weight excluding hydrogens is 202 g/mol. The smallest absolute Gasteiger partial charge is 0.222 e. The molecule has 1 aliphatic carbocycles. The van der Waals surface area contributed by atoms with Crippen molar-refractivity contribution in [3.63, 3.8) is 0 Å². The van der Waals surface area contributed by atoms with Crippen LogP contribution < -0.4 is 16.4 Å². The first-order valence-corrected chi connectivity index (χ1v) is 5.95. The largest absolute Gasteiger partial charge is 0.368 e. The third kappa shape index (κ3) is 1.71. The van der Waals surface area contributed by atoms with Crippen LogP contribution in [0.5, 0.6) is 0 Å². The molecule has 3 rings (SSSR count). The molecule has 0 aromatic carbocycles. The molecule has 0 amide bonds. The normalized spacial score (nSPS) is 20.0. The fourth-order valence-corrected chi connectivity index (χ4v) is 2.24. The Labute approximate surface area is 94.9 Å². The Morgan fingerprint density at radius 3 is 2.94 bits per heavy atom. The van der Waals surface area contributed by atoms with E-state index in [0.29, 0.717) is 12.0 Å². The fraction of sp³-hybridized carbons (Fsp3) is 0.636. The quantitative estimate of drug-likeness (QED) is 0.681. The lowest BCUT2D eigenvalue weighted by atomic mass is 9.93. The summed E-state index contributed by atoms with van der Waals surface area (Å²) in [5.74, 6) is 1.35. The Bertz CT molecular complexity index is 400. The van der Waals surface area contributed by atoms with Gasteiger partial charge in [-0.25, -0.2) is 4.98 Å². The summed E-state index contributed by atoms with van der Waals surface area (Å²) in [6, 6.07) is 0.591. The minimum Gasteiger partial charge on any atom is -0.368 e. The van der Waals surface area contributed by atoms with Crippen molar-refractivity contribution in [1.29, 1.82) is 0 Å². The van der Waals surface area contributed by atoms with Gasteiger partial charge in [0.05, 0.1) is 5.69 Å². The highest BCUT2D eigenvalue weighted by Crippen LogP contribution is 2.26. The van der Waals surface area contributed by atoms with Gasteiger partial charge in [-0.15, -0.1) is 0 Å². The van der Waals surface area contributed by atoms with Gasteiger partial charge in [0.15, 0.2) is 0 Å². The van der Waals surface area contributed by atoms with E-state index < -0.39 is 0 Å². The molecule has 0 radical (unpaired) electrons. The molecule has 1 aliphatic heterocycles. The number of nitrogens with two attached hydrogens (primary N) is 1. The van der Waals surface area contributed by atoms with Crippen LogP contribution in [0.1, 0.15) is 30.5 Å². The summed E-state index contributed by atoms with van der Waals surface area (Å²) >= 11 is 0. The van der Waals surface area contributed by atoms with E-state index in [1.165, 1.54) is 24.8 Å². The third-order valence-corrected chi connectivity index (χ3v) is 3.40. The SMILES string of the molecule is Nc1nc2c(c(NC3CCC3)n1)CCNC2. The molecule has 2 aliphatic rings. The summed E-state index contributed by atoms with van der Waals surface area (Å²) < 4.78 is 0. The van der Waals surface area contributed by atoms with Gasteiger partial charge < -0.3 is 16.4 Å². The molecular formula is C11H17N5. The highest BCUT2D eigenvalue weighted by Gasteiger charge is 2.22. The first-order valence-electron chi connectivity index (χ1n) is 5.95. The number of anilines is 2. The van der Waals surface area contributed by atoms with Crippen molar-refractivity contribution < 1.29 is 0 Å². The first-order chi connectivity index (χ1) is 7.83. The van der Waals surface area contributed by atoms with E-state index in [1.807, 2.05) is 0 Å². The van der Waals surface area contributed by atoms with Gasteiger partial charge in [0.1, 0.15) is 5.82 Å². The molecule has 1 fully saturated rings. The zero-order valence-electron chi connectivity index (χ0n) is 9.29. The Morgan fingerprint density at radius 2 is 2.19 bits per heavy atom. The highest BCUT2D eigenvalue weighted by atomic mass is 15.1. The predicted octanol–water partition coefficient (Wildman–Crippen LogP) is 0.669. The summed E-state index contributed by atoms with van der Waals surface area (Å²) in [7, 11) is 0. The van der Waals surface area contributed by atoms with E-state index >= 15 is 0 Å². The van der Waals surface area contributed by atoms with Gasteiger partial charge in [0.25, 0.3) is 0 Å². The maximum Gasteiger partial charge on any atom is 0.222 e. The molecule has 0 atom stereocenters. The van der Waals surface area contributed by atoms with Crippen LogP contribution in [0.2, 0.25) is 0 Å². The predicted molar refractivity (Wildman–Crippen MR) is 63.1 cm³/mol. The molecule has 0 unspecified atom stereocenters. The first kappa shape index (κ1) is 9.84. The average molecular weight is 219 g/mol. The number of nitrogens with one attached hydrogen (secondary N) is 2. The zero-order chi connectivity index (χ0) is 11.0. The van der Waals surface area contributed by atoms with Crippen molar-refractivity contribution in [2.75, 3.05) is 17.6 Å². The Balaban J connectivity index is 1.91. The number of nitrogen functional groups attached to an aromatic ring is 1.